The molecule has 1 aliphatic heterocycles. The summed E-state index contributed by atoms with van der Waals surface area (Å²) in [5, 5.41) is 12.9. The number of hydrogen-bond donors (Lipinski definition) is 2. The minimum Gasteiger partial charge on any atom is -0.479 e. The lowest BCUT2D eigenvalue weighted by molar-refractivity contribution is -0.141. The average molecular weight is 309 g/mol. The highest BCUT2D eigenvalue weighted by Gasteiger charge is 2.42. The molecule has 0 radical (unpaired) electrons. The van der Waals surface area contributed by atoms with Crippen LogP contribution in [0, 0.1) is 0 Å². The topological polar surface area (TPSA) is 75.6 Å². The number of fused-ring (bicyclic) bond motifs is 1. The molecule has 0 bridgehead atoms. The van der Waals surface area contributed by atoms with E-state index in [0.717, 1.165) is 5.56 Å². The minimum atomic E-state index is -1.50. The zero-order valence-electron chi connectivity index (χ0n) is 12.4. The quantitative estimate of drug-likeness (QED) is 0.673. The average Bonchev–Trinajstić information content (AvgIpc) is 2.54. The van der Waals surface area contributed by atoms with Crippen molar-refractivity contribution in [1.29, 1.82) is 0 Å². The van der Waals surface area contributed by atoms with E-state index < -0.39 is 17.5 Å². The Morgan fingerprint density at radius 2 is 1.78 bits per heavy atom. The van der Waals surface area contributed by atoms with Crippen LogP contribution in [-0.2, 0) is 15.1 Å². The molecule has 1 atom stereocenters. The summed E-state index contributed by atoms with van der Waals surface area (Å²) in [5.74, 6) is -1.36. The first-order chi connectivity index (χ1) is 11.0. The molecule has 3 rings (SSSR count). The van der Waals surface area contributed by atoms with Gasteiger partial charge in [-0.15, -0.1) is 0 Å². The van der Waals surface area contributed by atoms with Crippen LogP contribution in [0.15, 0.2) is 54.6 Å². The largest absolute Gasteiger partial charge is 0.479 e. The molecule has 0 aliphatic carbocycles. The van der Waals surface area contributed by atoms with Gasteiger partial charge in [0.15, 0.2) is 5.54 Å². The summed E-state index contributed by atoms with van der Waals surface area (Å²) in [4.78, 5) is 23.4. The molecule has 0 fully saturated rings. The van der Waals surface area contributed by atoms with Crippen LogP contribution in [0.1, 0.15) is 18.1 Å². The van der Waals surface area contributed by atoms with Crippen LogP contribution < -0.4 is 10.1 Å². The van der Waals surface area contributed by atoms with Gasteiger partial charge < -0.3 is 15.2 Å². The van der Waals surface area contributed by atoms with E-state index in [1.165, 1.54) is 6.92 Å². The summed E-state index contributed by atoms with van der Waals surface area (Å²) < 4.78 is 5.19. The van der Waals surface area contributed by atoms with Crippen molar-refractivity contribution in [3.8, 4) is 5.75 Å². The number of hydrogen-bond acceptors (Lipinski definition) is 4. The number of nitrogens with one attached hydrogen (secondary N) is 1. The van der Waals surface area contributed by atoms with Gasteiger partial charge in [-0.3, -0.25) is 4.79 Å². The Hall–Kier alpha value is -3.08. The Morgan fingerprint density at radius 3 is 2.52 bits per heavy atom. The van der Waals surface area contributed by atoms with Crippen LogP contribution in [0.4, 0.5) is 5.69 Å². The van der Waals surface area contributed by atoms with E-state index in [2.05, 4.69) is 5.32 Å². The van der Waals surface area contributed by atoms with Gasteiger partial charge in [0.1, 0.15) is 5.75 Å². The second kappa shape index (κ2) is 5.61. The SMILES string of the molecule is CC(=O)Oc1ccccc1C1(C(=O)O)C=Cc2ccccc2N1. The van der Waals surface area contributed by atoms with E-state index in [0.29, 0.717) is 11.3 Å². The van der Waals surface area contributed by atoms with Crippen molar-refractivity contribution in [2.24, 2.45) is 0 Å². The lowest BCUT2D eigenvalue weighted by Gasteiger charge is -2.33. The fourth-order valence-corrected chi connectivity index (χ4v) is 2.66. The van der Waals surface area contributed by atoms with Crippen molar-refractivity contribution in [2.45, 2.75) is 12.5 Å². The Morgan fingerprint density at radius 1 is 1.09 bits per heavy atom. The van der Waals surface area contributed by atoms with Crippen molar-refractivity contribution in [1.82, 2.24) is 0 Å². The Balaban J connectivity index is 2.15. The number of carbonyl (C=O) groups excluding carboxylic acids is 1. The number of anilines is 1. The molecule has 1 heterocycles. The number of carboxylic acid groups (broad SMARTS) is 1. The lowest BCUT2D eigenvalue weighted by Crippen LogP contribution is -2.43. The third kappa shape index (κ3) is 2.57. The fraction of sp³-hybridized carbons (Fsp3) is 0.111. The van der Waals surface area contributed by atoms with Gasteiger partial charge in [-0.05, 0) is 23.8 Å². The van der Waals surface area contributed by atoms with Crippen LogP contribution >= 0.6 is 0 Å². The number of para-hydroxylation sites is 2. The summed E-state index contributed by atoms with van der Waals surface area (Å²) in [7, 11) is 0. The number of esters is 1. The van der Waals surface area contributed by atoms with Crippen molar-refractivity contribution in [3.63, 3.8) is 0 Å². The first kappa shape index (κ1) is 14.8. The number of benzene rings is 2. The maximum absolute atomic E-state index is 12.1. The summed E-state index contributed by atoms with van der Waals surface area (Å²) in [5.41, 5.74) is 0.471. The number of rotatable bonds is 3. The molecule has 0 saturated carbocycles. The molecule has 0 spiro atoms. The maximum atomic E-state index is 12.1. The zero-order valence-corrected chi connectivity index (χ0v) is 12.4. The molecule has 0 amide bonds. The van der Waals surface area contributed by atoms with E-state index >= 15 is 0 Å². The molecular weight excluding hydrogens is 294 g/mol. The lowest BCUT2D eigenvalue weighted by atomic mass is 9.85. The third-order valence-corrected chi connectivity index (χ3v) is 3.71. The van der Waals surface area contributed by atoms with Crippen LogP contribution in [0.25, 0.3) is 6.08 Å². The summed E-state index contributed by atoms with van der Waals surface area (Å²) >= 11 is 0. The monoisotopic (exact) mass is 309 g/mol. The van der Waals surface area contributed by atoms with Crippen LogP contribution in [0.2, 0.25) is 0 Å². The second-order valence-electron chi connectivity index (χ2n) is 5.25. The minimum absolute atomic E-state index is 0.221. The number of carbonyl (C=O) groups is 2. The number of carboxylic acids is 1. The van der Waals surface area contributed by atoms with Crippen molar-refractivity contribution < 1.29 is 19.4 Å². The molecule has 5 heteroatoms. The Kier molecular flexibility index (Phi) is 3.62. The van der Waals surface area contributed by atoms with E-state index in [-0.39, 0.29) is 5.75 Å². The van der Waals surface area contributed by atoms with Crippen molar-refractivity contribution in [3.05, 3.63) is 65.7 Å². The van der Waals surface area contributed by atoms with E-state index in [1.807, 2.05) is 24.3 Å². The first-order valence-electron chi connectivity index (χ1n) is 7.11. The second-order valence-corrected chi connectivity index (χ2v) is 5.25. The molecule has 116 valence electrons. The molecule has 1 unspecified atom stereocenters. The highest BCUT2D eigenvalue weighted by atomic mass is 16.5. The maximum Gasteiger partial charge on any atom is 0.338 e. The van der Waals surface area contributed by atoms with Crippen LogP contribution in [0.3, 0.4) is 0 Å². The van der Waals surface area contributed by atoms with E-state index in [4.69, 9.17) is 4.74 Å². The summed E-state index contributed by atoms with van der Waals surface area (Å²) in [6.45, 7) is 1.28. The summed E-state index contributed by atoms with van der Waals surface area (Å²) in [6.07, 6.45) is 3.32. The van der Waals surface area contributed by atoms with Gasteiger partial charge in [-0.1, -0.05) is 42.5 Å². The molecule has 2 N–H and O–H groups in total. The summed E-state index contributed by atoms with van der Waals surface area (Å²) in [6, 6.07) is 14.0. The number of aliphatic carboxylic acids is 1. The molecule has 23 heavy (non-hydrogen) atoms. The van der Waals surface area contributed by atoms with Crippen molar-refractivity contribution in [2.75, 3.05) is 5.32 Å². The van der Waals surface area contributed by atoms with Crippen LogP contribution in [-0.4, -0.2) is 17.0 Å². The normalized spacial score (nSPS) is 18.7. The predicted molar refractivity (Wildman–Crippen MR) is 86.2 cm³/mol. The third-order valence-electron chi connectivity index (χ3n) is 3.71. The zero-order chi connectivity index (χ0) is 16.4. The van der Waals surface area contributed by atoms with Gasteiger partial charge >= 0.3 is 11.9 Å². The Labute approximate surface area is 133 Å². The van der Waals surface area contributed by atoms with Gasteiger partial charge in [-0.2, -0.15) is 0 Å². The van der Waals surface area contributed by atoms with Gasteiger partial charge in [0.2, 0.25) is 0 Å². The molecular formula is C18H15NO4. The molecule has 2 aromatic carbocycles. The van der Waals surface area contributed by atoms with Gasteiger partial charge in [0, 0.05) is 18.2 Å². The fourth-order valence-electron chi connectivity index (χ4n) is 2.66. The highest BCUT2D eigenvalue weighted by Crippen LogP contribution is 2.39. The predicted octanol–water partition coefficient (Wildman–Crippen LogP) is 3.03. The van der Waals surface area contributed by atoms with Gasteiger partial charge in [0.25, 0.3) is 0 Å². The molecule has 1 aliphatic rings. The first-order valence-corrected chi connectivity index (χ1v) is 7.11. The number of ether oxygens (including phenoxy) is 1. The van der Waals surface area contributed by atoms with Gasteiger partial charge in [0.05, 0.1) is 0 Å². The smallest absolute Gasteiger partial charge is 0.338 e. The molecule has 0 saturated heterocycles. The standard InChI is InChI=1S/C18H15NO4/c1-12(20)23-16-9-5-3-7-14(16)18(17(21)22)11-10-13-6-2-4-8-15(13)19-18/h2-11,19H,1H3,(H,21,22). The van der Waals surface area contributed by atoms with Crippen molar-refractivity contribution >= 4 is 23.7 Å². The van der Waals surface area contributed by atoms with E-state index in [1.54, 1.807) is 36.4 Å². The molecule has 5 nitrogen and oxygen atoms in total. The van der Waals surface area contributed by atoms with E-state index in [9.17, 15) is 14.7 Å². The Bertz CT molecular complexity index is 812. The molecule has 2 aromatic rings. The molecule has 0 aromatic heterocycles. The van der Waals surface area contributed by atoms with Crippen LogP contribution in [0.5, 0.6) is 5.75 Å². The van der Waals surface area contributed by atoms with Gasteiger partial charge in [-0.25, -0.2) is 4.79 Å². The highest BCUT2D eigenvalue weighted by molar-refractivity contribution is 5.93.